The summed E-state index contributed by atoms with van der Waals surface area (Å²) in [5.74, 6) is 2.03. The molecule has 41 heavy (non-hydrogen) atoms. The number of rotatable bonds is 12. The van der Waals surface area contributed by atoms with Crippen LogP contribution in [0.5, 0.6) is 11.5 Å². The van der Waals surface area contributed by atoms with Gasteiger partial charge in [0.15, 0.2) is 8.87 Å². The highest BCUT2D eigenvalue weighted by atomic mass is 33.1. The molecule has 1 aliphatic heterocycles. The molecule has 1 saturated heterocycles. The van der Waals surface area contributed by atoms with E-state index in [1.54, 1.807) is 31.3 Å². The van der Waals surface area contributed by atoms with Crippen molar-refractivity contribution in [2.45, 2.75) is 25.3 Å². The summed E-state index contributed by atoms with van der Waals surface area (Å²) in [4.78, 5) is 14.2. The average molecular weight is 597 g/mol. The lowest BCUT2D eigenvalue weighted by Gasteiger charge is -2.29. The van der Waals surface area contributed by atoms with E-state index in [-0.39, 0.29) is 6.04 Å². The first-order valence-corrected chi connectivity index (χ1v) is 17.0. The fourth-order valence-electron chi connectivity index (χ4n) is 5.23. The van der Waals surface area contributed by atoms with Crippen molar-refractivity contribution in [1.29, 1.82) is 0 Å². The molecule has 0 amide bonds. The van der Waals surface area contributed by atoms with E-state index in [2.05, 4.69) is 32.0 Å². The molecule has 0 saturated carbocycles. The van der Waals surface area contributed by atoms with E-state index in [0.717, 1.165) is 83.4 Å². The number of anilines is 2. The lowest BCUT2D eigenvalue weighted by molar-refractivity contribution is 0.271. The number of hydrogen-bond donors (Lipinski definition) is 0. The summed E-state index contributed by atoms with van der Waals surface area (Å²) in [6, 6.07) is 12.3. The van der Waals surface area contributed by atoms with Gasteiger partial charge in [0.1, 0.15) is 11.5 Å². The minimum Gasteiger partial charge on any atom is -0.497 e. The number of ether oxygens (including phenoxy) is 2. The molecule has 0 unspecified atom stereocenters. The second-order valence-corrected chi connectivity index (χ2v) is 14.7. The van der Waals surface area contributed by atoms with Crippen molar-refractivity contribution in [3.63, 3.8) is 0 Å². The first kappa shape index (κ1) is 29.2. The molecule has 0 radical (unpaired) electrons. The Kier molecular flexibility index (Phi) is 9.00. The van der Waals surface area contributed by atoms with Gasteiger partial charge in [-0.25, -0.2) is 13.4 Å². The third-order valence-corrected chi connectivity index (χ3v) is 9.93. The number of hydrogen-bond acceptors (Lipinski definition) is 10. The summed E-state index contributed by atoms with van der Waals surface area (Å²) in [6.07, 6.45) is 9.78. The average Bonchev–Trinajstić information content (AvgIpc) is 3.61. The van der Waals surface area contributed by atoms with Crippen LogP contribution in [0, 0.1) is 0 Å². The van der Waals surface area contributed by atoms with E-state index in [4.69, 9.17) is 14.5 Å². The van der Waals surface area contributed by atoms with Gasteiger partial charge >= 0.3 is 0 Å². The summed E-state index contributed by atoms with van der Waals surface area (Å²) >= 11 is 0. The van der Waals surface area contributed by atoms with Crippen molar-refractivity contribution in [3.05, 3.63) is 55.0 Å². The van der Waals surface area contributed by atoms with Crippen LogP contribution in [0.1, 0.15) is 19.3 Å². The first-order chi connectivity index (χ1) is 19.7. The van der Waals surface area contributed by atoms with Crippen molar-refractivity contribution in [2.24, 2.45) is 7.05 Å². The van der Waals surface area contributed by atoms with Gasteiger partial charge in [-0.3, -0.25) is 14.6 Å². The van der Waals surface area contributed by atoms with Crippen molar-refractivity contribution < 1.29 is 17.9 Å². The number of benzene rings is 2. The molecule has 2 aromatic heterocycles. The third kappa shape index (κ3) is 7.30. The maximum absolute atomic E-state index is 11.7. The monoisotopic (exact) mass is 596 g/mol. The molecular formula is C29H36N6O4S2. The zero-order valence-electron chi connectivity index (χ0n) is 23.9. The predicted molar refractivity (Wildman–Crippen MR) is 165 cm³/mol. The molecule has 4 aromatic rings. The quantitative estimate of drug-likeness (QED) is 0.213. The molecule has 2 aromatic carbocycles. The first-order valence-electron chi connectivity index (χ1n) is 13.6. The van der Waals surface area contributed by atoms with Crippen LogP contribution in [0.2, 0.25) is 0 Å². The molecule has 10 nitrogen and oxygen atoms in total. The lowest BCUT2D eigenvalue weighted by Crippen LogP contribution is -2.34. The second-order valence-electron chi connectivity index (χ2n) is 10.2. The largest absolute Gasteiger partial charge is 0.497 e. The van der Waals surface area contributed by atoms with Crippen LogP contribution < -0.4 is 14.4 Å². The Balaban J connectivity index is 1.42. The van der Waals surface area contributed by atoms with Gasteiger partial charge in [-0.15, -0.1) is 0 Å². The van der Waals surface area contributed by atoms with Crippen LogP contribution in [-0.4, -0.2) is 85.0 Å². The number of likely N-dealkylation sites (tertiary alicyclic amines) is 1. The molecule has 12 heteroatoms. The predicted octanol–water partition coefficient (Wildman–Crippen LogP) is 4.73. The van der Waals surface area contributed by atoms with Gasteiger partial charge in [0.25, 0.3) is 0 Å². The highest BCUT2D eigenvalue weighted by Crippen LogP contribution is 2.34. The highest BCUT2D eigenvalue weighted by molar-refractivity contribution is 8.71. The van der Waals surface area contributed by atoms with Crippen LogP contribution >= 0.6 is 10.8 Å². The minimum absolute atomic E-state index is 0.280. The van der Waals surface area contributed by atoms with E-state index in [1.807, 2.05) is 37.5 Å². The van der Waals surface area contributed by atoms with E-state index in [1.165, 1.54) is 6.26 Å². The summed E-state index contributed by atoms with van der Waals surface area (Å²) in [5, 5.41) is 4.27. The molecule has 0 spiro atoms. The molecular weight excluding hydrogens is 560 g/mol. The van der Waals surface area contributed by atoms with Crippen molar-refractivity contribution in [2.75, 3.05) is 50.8 Å². The van der Waals surface area contributed by atoms with Crippen LogP contribution in [0.3, 0.4) is 0 Å². The molecule has 1 atom stereocenters. The standard InChI is InChI=1S/C29H36N6O4S2/c1-33-19-21(17-31-33)29-18-30-27-9-8-22(15-28(27)32-29)35(24-13-25(38-2)16-26(14-24)39-3)12-6-11-34-10-5-7-23(34)20-40-41(4,36)37/h8-9,13-19,23H,5-7,10-12,20H2,1-4H3/t23-/m0/s1. The maximum atomic E-state index is 11.7. The number of fused-ring (bicyclic) bond motifs is 1. The van der Waals surface area contributed by atoms with Crippen LogP contribution in [0.15, 0.2) is 55.0 Å². The van der Waals surface area contributed by atoms with Crippen LogP contribution in [0.25, 0.3) is 22.3 Å². The molecule has 218 valence electrons. The van der Waals surface area contributed by atoms with E-state index < -0.39 is 8.87 Å². The summed E-state index contributed by atoms with van der Waals surface area (Å²) in [6.45, 7) is 2.61. The molecule has 3 heterocycles. The Morgan fingerprint density at radius 3 is 2.51 bits per heavy atom. The number of aryl methyl sites for hydroxylation is 1. The summed E-state index contributed by atoms with van der Waals surface area (Å²) < 4.78 is 36.3. The van der Waals surface area contributed by atoms with E-state index >= 15 is 0 Å². The smallest absolute Gasteiger partial charge is 0.198 e. The topological polar surface area (TPSA) is 103 Å². The number of methoxy groups -OCH3 is 2. The van der Waals surface area contributed by atoms with E-state index in [0.29, 0.717) is 17.3 Å². The Morgan fingerprint density at radius 1 is 1.05 bits per heavy atom. The highest BCUT2D eigenvalue weighted by Gasteiger charge is 2.26. The Morgan fingerprint density at radius 2 is 1.83 bits per heavy atom. The molecule has 0 aliphatic carbocycles. The molecule has 1 fully saturated rings. The zero-order chi connectivity index (χ0) is 29.0. The lowest BCUT2D eigenvalue weighted by atomic mass is 10.1. The molecule has 0 N–H and O–H groups in total. The Labute approximate surface area is 245 Å². The zero-order valence-corrected chi connectivity index (χ0v) is 25.5. The molecule has 0 bridgehead atoms. The van der Waals surface area contributed by atoms with Crippen LogP contribution in [-0.2, 0) is 15.9 Å². The molecule has 5 rings (SSSR count). The fourth-order valence-corrected chi connectivity index (χ4v) is 7.22. The summed E-state index contributed by atoms with van der Waals surface area (Å²) in [5.41, 5.74) is 5.22. The normalized spacial score (nSPS) is 15.9. The summed E-state index contributed by atoms with van der Waals surface area (Å²) in [7, 11) is 3.18. The minimum atomic E-state index is -3.05. The molecule has 1 aliphatic rings. The van der Waals surface area contributed by atoms with Crippen molar-refractivity contribution in [3.8, 4) is 22.8 Å². The van der Waals surface area contributed by atoms with Crippen molar-refractivity contribution in [1.82, 2.24) is 24.6 Å². The van der Waals surface area contributed by atoms with Gasteiger partial charge < -0.3 is 14.4 Å². The van der Waals surface area contributed by atoms with Gasteiger partial charge in [-0.2, -0.15) is 5.10 Å². The fraction of sp³-hybridized carbons (Fsp3) is 0.414. The number of aromatic nitrogens is 4. The SMILES string of the molecule is COc1cc(OC)cc(N(CCCN2CCC[C@H]2CSS(C)(=O)=O)c2ccc3ncc(-c4cnn(C)c4)nc3c2)c1. The number of nitrogens with zero attached hydrogens (tertiary/aromatic N) is 6. The second kappa shape index (κ2) is 12.7. The van der Waals surface area contributed by atoms with Crippen molar-refractivity contribution >= 4 is 42.1 Å². The van der Waals surface area contributed by atoms with Gasteiger partial charge in [-0.1, -0.05) is 0 Å². The van der Waals surface area contributed by atoms with Gasteiger partial charge in [0.05, 0.1) is 43.3 Å². The third-order valence-electron chi connectivity index (χ3n) is 7.29. The van der Waals surface area contributed by atoms with Gasteiger partial charge in [-0.05, 0) is 54.8 Å². The Bertz CT molecular complexity index is 1590. The van der Waals surface area contributed by atoms with Gasteiger partial charge in [0, 0.05) is 79.5 Å². The maximum Gasteiger partial charge on any atom is 0.198 e. The Hall–Kier alpha value is -3.35. The van der Waals surface area contributed by atoms with Crippen LogP contribution in [0.4, 0.5) is 11.4 Å². The van der Waals surface area contributed by atoms with Gasteiger partial charge in [0.2, 0.25) is 0 Å². The van der Waals surface area contributed by atoms with E-state index in [9.17, 15) is 8.42 Å².